The molecule has 1 aliphatic heterocycles. The Morgan fingerprint density at radius 1 is 1.16 bits per heavy atom. The predicted molar refractivity (Wildman–Crippen MR) is 171 cm³/mol. The van der Waals surface area contributed by atoms with E-state index >= 15 is 0 Å². The Balaban J connectivity index is 1.39. The van der Waals surface area contributed by atoms with Crippen LogP contribution in [0, 0.1) is 11.3 Å². The highest BCUT2D eigenvalue weighted by atomic mass is 35.5. The molecule has 1 fully saturated rings. The number of ether oxygens (including phenoxy) is 2. The molecule has 1 aliphatic rings. The van der Waals surface area contributed by atoms with Crippen molar-refractivity contribution in [1.82, 2.24) is 19.4 Å². The number of pyridine rings is 1. The second kappa shape index (κ2) is 12.2. The maximum absolute atomic E-state index is 13.4. The molecule has 13 heteroatoms. The third-order valence-electron chi connectivity index (χ3n) is 7.08. The van der Waals surface area contributed by atoms with Gasteiger partial charge in [-0.15, -0.1) is 0 Å². The topological polar surface area (TPSA) is 126 Å². The number of fused-ring (bicyclic) bond motifs is 1. The first kappa shape index (κ1) is 30.9. The van der Waals surface area contributed by atoms with Gasteiger partial charge in [0, 0.05) is 49.8 Å². The van der Waals surface area contributed by atoms with Gasteiger partial charge in [0.25, 0.3) is 5.56 Å². The lowest BCUT2D eigenvalue weighted by Crippen LogP contribution is -2.55. The molecule has 4 aromatic rings. The summed E-state index contributed by atoms with van der Waals surface area (Å²) in [6.07, 6.45) is 2.42. The largest absolute Gasteiger partial charge is 0.495 e. The Morgan fingerprint density at radius 2 is 1.89 bits per heavy atom. The first-order valence-corrected chi connectivity index (χ1v) is 14.6. The molecule has 2 aromatic carbocycles. The van der Waals surface area contributed by atoms with Crippen molar-refractivity contribution < 1.29 is 14.3 Å². The Kier molecular flexibility index (Phi) is 8.59. The molecule has 5 rings (SSSR count). The van der Waals surface area contributed by atoms with E-state index in [0.29, 0.717) is 31.1 Å². The summed E-state index contributed by atoms with van der Waals surface area (Å²) in [5.74, 6) is 0.808. The van der Waals surface area contributed by atoms with Crippen molar-refractivity contribution in [2.24, 2.45) is 0 Å². The van der Waals surface area contributed by atoms with Crippen LogP contribution in [-0.4, -0.2) is 63.9 Å². The van der Waals surface area contributed by atoms with Crippen LogP contribution in [-0.2, 0) is 4.74 Å². The molecular weight excluding hydrogens is 605 g/mol. The van der Waals surface area contributed by atoms with Crippen molar-refractivity contribution in [3.8, 4) is 17.5 Å². The van der Waals surface area contributed by atoms with E-state index in [0.717, 1.165) is 5.69 Å². The Bertz CT molecular complexity index is 1830. The molecule has 2 aromatic heterocycles. The van der Waals surface area contributed by atoms with E-state index in [1.807, 2.05) is 45.9 Å². The van der Waals surface area contributed by atoms with E-state index in [4.69, 9.17) is 32.7 Å². The van der Waals surface area contributed by atoms with Gasteiger partial charge in [-0.25, -0.2) is 14.8 Å². The van der Waals surface area contributed by atoms with Gasteiger partial charge in [0.2, 0.25) is 5.95 Å². The number of benzene rings is 2. The van der Waals surface area contributed by atoms with Crippen molar-refractivity contribution in [1.29, 1.82) is 5.26 Å². The monoisotopic (exact) mass is 635 g/mol. The van der Waals surface area contributed by atoms with Crippen LogP contribution in [0.25, 0.3) is 16.6 Å². The SMILES string of the molecule is COc1cc(Nc2ncc3c(=O)n(-c4c(Cl)cccc4Cl)cc(C#N)c3n2)ccc1N1CCN(C(=O)OC(C)(C)C)C(C)C1. The van der Waals surface area contributed by atoms with Gasteiger partial charge in [0.15, 0.2) is 0 Å². The molecule has 1 atom stereocenters. The van der Waals surface area contributed by atoms with Crippen LogP contribution in [0.15, 0.2) is 53.6 Å². The number of para-hydroxylation sites is 1. The van der Waals surface area contributed by atoms with Crippen molar-refractivity contribution >= 4 is 57.5 Å². The van der Waals surface area contributed by atoms with Gasteiger partial charge >= 0.3 is 6.09 Å². The van der Waals surface area contributed by atoms with E-state index in [2.05, 4.69) is 26.3 Å². The first-order valence-electron chi connectivity index (χ1n) is 13.9. The number of hydrogen-bond donors (Lipinski definition) is 1. The van der Waals surface area contributed by atoms with Gasteiger partial charge < -0.3 is 24.6 Å². The minimum Gasteiger partial charge on any atom is -0.495 e. The normalized spacial score (nSPS) is 15.2. The first-order chi connectivity index (χ1) is 20.9. The highest BCUT2D eigenvalue weighted by molar-refractivity contribution is 6.37. The number of amides is 1. The molecule has 1 unspecified atom stereocenters. The average Bonchev–Trinajstić information content (AvgIpc) is 2.97. The van der Waals surface area contributed by atoms with E-state index in [1.54, 1.807) is 30.2 Å². The summed E-state index contributed by atoms with van der Waals surface area (Å²) in [7, 11) is 1.59. The number of anilines is 3. The summed E-state index contributed by atoms with van der Waals surface area (Å²) in [5, 5.41) is 13.7. The van der Waals surface area contributed by atoms with Crippen LogP contribution in [0.3, 0.4) is 0 Å². The summed E-state index contributed by atoms with van der Waals surface area (Å²) in [6, 6.07) is 12.5. The van der Waals surface area contributed by atoms with Crippen LogP contribution in [0.1, 0.15) is 33.3 Å². The zero-order chi connectivity index (χ0) is 31.8. The Hall–Kier alpha value is -4.53. The minimum absolute atomic E-state index is 0.0695. The second-order valence-corrected chi connectivity index (χ2v) is 12.2. The lowest BCUT2D eigenvalue weighted by atomic mass is 10.1. The van der Waals surface area contributed by atoms with E-state index in [9.17, 15) is 14.9 Å². The quantitative estimate of drug-likeness (QED) is 0.274. The van der Waals surface area contributed by atoms with Crippen LogP contribution < -0.4 is 20.5 Å². The molecule has 1 N–H and O–H groups in total. The second-order valence-electron chi connectivity index (χ2n) is 11.3. The van der Waals surface area contributed by atoms with Crippen LogP contribution in [0.2, 0.25) is 10.0 Å². The van der Waals surface area contributed by atoms with E-state index < -0.39 is 11.2 Å². The van der Waals surface area contributed by atoms with Gasteiger partial charge in [0.05, 0.1) is 39.5 Å². The number of hydrogen-bond acceptors (Lipinski definition) is 9. The summed E-state index contributed by atoms with van der Waals surface area (Å²) in [5.41, 5.74) is 1.10. The molecule has 0 radical (unpaired) electrons. The van der Waals surface area contributed by atoms with Gasteiger partial charge in [-0.05, 0) is 52.0 Å². The molecule has 3 heterocycles. The molecule has 44 heavy (non-hydrogen) atoms. The third-order valence-corrected chi connectivity index (χ3v) is 7.69. The number of nitrogens with one attached hydrogen (secondary N) is 1. The van der Waals surface area contributed by atoms with E-state index in [1.165, 1.54) is 17.0 Å². The number of aromatic nitrogens is 3. The molecular formula is C31H31Cl2N7O4. The molecule has 1 amide bonds. The standard InChI is InChI=1S/C31H31Cl2N7O4/c1-18-16-38(11-12-39(18)30(42)44-31(2,3)4)24-10-9-20(13-25(24)43-5)36-29-35-15-21-26(37-29)19(14-34)17-40(28(21)41)27-22(32)7-6-8-23(27)33/h6-10,13,15,17-18H,11-12,16H2,1-5H3,(H,35,36,37). The number of piperazine rings is 1. The highest BCUT2D eigenvalue weighted by Gasteiger charge is 2.31. The van der Waals surface area contributed by atoms with Gasteiger partial charge in [-0.1, -0.05) is 29.3 Å². The molecule has 228 valence electrons. The smallest absolute Gasteiger partial charge is 0.410 e. The molecule has 0 aliphatic carbocycles. The molecule has 0 spiro atoms. The summed E-state index contributed by atoms with van der Waals surface area (Å²) >= 11 is 12.7. The Morgan fingerprint density at radius 3 is 2.52 bits per heavy atom. The minimum atomic E-state index is -0.561. The number of methoxy groups -OCH3 is 1. The molecule has 0 bridgehead atoms. The maximum Gasteiger partial charge on any atom is 0.410 e. The summed E-state index contributed by atoms with van der Waals surface area (Å²) in [6.45, 7) is 9.27. The molecule has 1 saturated heterocycles. The average molecular weight is 637 g/mol. The molecule has 11 nitrogen and oxygen atoms in total. The number of nitriles is 1. The third kappa shape index (κ3) is 6.23. The highest BCUT2D eigenvalue weighted by Crippen LogP contribution is 2.34. The van der Waals surface area contributed by atoms with Crippen LogP contribution in [0.5, 0.6) is 5.75 Å². The lowest BCUT2D eigenvalue weighted by molar-refractivity contribution is 0.0159. The zero-order valence-corrected chi connectivity index (χ0v) is 26.4. The molecule has 0 saturated carbocycles. The number of carbonyl (C=O) groups excluding carboxylic acids is 1. The Labute approximate surface area is 264 Å². The number of rotatable bonds is 5. The van der Waals surface area contributed by atoms with Crippen molar-refractivity contribution in [2.75, 3.05) is 37.0 Å². The van der Waals surface area contributed by atoms with Crippen LogP contribution >= 0.6 is 23.2 Å². The van der Waals surface area contributed by atoms with Gasteiger partial charge in [-0.2, -0.15) is 5.26 Å². The van der Waals surface area contributed by atoms with Gasteiger partial charge in [0.1, 0.15) is 22.9 Å². The van der Waals surface area contributed by atoms with Crippen molar-refractivity contribution in [3.05, 3.63) is 74.8 Å². The number of carbonyl (C=O) groups is 1. The lowest BCUT2D eigenvalue weighted by Gasteiger charge is -2.41. The van der Waals surface area contributed by atoms with Gasteiger partial charge in [-0.3, -0.25) is 9.36 Å². The fraction of sp³-hybridized carbons (Fsp3) is 0.323. The predicted octanol–water partition coefficient (Wildman–Crippen LogP) is 6.16. The van der Waals surface area contributed by atoms with Crippen molar-refractivity contribution in [2.45, 2.75) is 39.3 Å². The zero-order valence-electron chi connectivity index (χ0n) is 24.9. The van der Waals surface area contributed by atoms with Crippen molar-refractivity contribution in [3.63, 3.8) is 0 Å². The maximum atomic E-state index is 13.4. The summed E-state index contributed by atoms with van der Waals surface area (Å²) < 4.78 is 12.5. The van der Waals surface area contributed by atoms with E-state index in [-0.39, 0.29) is 50.3 Å². The number of nitrogens with zero attached hydrogens (tertiary/aromatic N) is 6. The summed E-state index contributed by atoms with van der Waals surface area (Å²) in [4.78, 5) is 38.7. The fourth-order valence-electron chi connectivity index (χ4n) is 5.06. The van der Waals surface area contributed by atoms with Crippen LogP contribution in [0.4, 0.5) is 22.1 Å². The number of halogens is 2. The fourth-order valence-corrected chi connectivity index (χ4v) is 5.64.